The summed E-state index contributed by atoms with van der Waals surface area (Å²) in [6.45, 7) is 0. The van der Waals surface area contributed by atoms with E-state index in [4.69, 9.17) is 5.11 Å². The van der Waals surface area contributed by atoms with Gasteiger partial charge in [-0.3, -0.25) is 9.52 Å². The van der Waals surface area contributed by atoms with Gasteiger partial charge in [0.15, 0.2) is 0 Å². The first kappa shape index (κ1) is 15.9. The van der Waals surface area contributed by atoms with Crippen LogP contribution in [-0.4, -0.2) is 43.3 Å². The largest absolute Gasteiger partial charge is 0.478 e. The number of ether oxygens (including phenoxy) is 1. The van der Waals surface area contributed by atoms with E-state index >= 15 is 0 Å². The second-order valence-corrected chi connectivity index (χ2v) is 5.68. The maximum Gasteiger partial charge on any atom is 0.337 e. The van der Waals surface area contributed by atoms with Crippen LogP contribution in [0, 0.1) is 0 Å². The fourth-order valence-corrected chi connectivity index (χ4v) is 2.37. The van der Waals surface area contributed by atoms with Crippen LogP contribution in [0.4, 0.5) is 5.82 Å². The molecule has 0 unspecified atom stereocenters. The zero-order chi connectivity index (χ0) is 15.2. The number of carbonyl (C=O) groups is 2. The summed E-state index contributed by atoms with van der Waals surface area (Å²) >= 11 is 0. The number of carbonyl (C=O) groups excluding carboxylic acids is 1. The van der Waals surface area contributed by atoms with E-state index in [2.05, 4.69) is 14.4 Å². The molecule has 0 radical (unpaired) electrons. The molecule has 0 saturated carbocycles. The molecular weight excluding hydrogens is 288 g/mol. The monoisotopic (exact) mass is 302 g/mol. The van der Waals surface area contributed by atoms with E-state index in [0.717, 1.165) is 6.20 Å². The van der Waals surface area contributed by atoms with Gasteiger partial charge in [-0.1, -0.05) is 0 Å². The Balaban J connectivity index is 2.57. The average molecular weight is 302 g/mol. The smallest absolute Gasteiger partial charge is 0.337 e. The minimum Gasteiger partial charge on any atom is -0.478 e. The number of rotatable bonds is 7. The van der Waals surface area contributed by atoms with Gasteiger partial charge in [-0.05, 0) is 18.6 Å². The third-order valence-electron chi connectivity index (χ3n) is 2.29. The molecule has 0 amide bonds. The number of methoxy groups -OCH3 is 1. The first-order chi connectivity index (χ1) is 9.34. The van der Waals surface area contributed by atoms with Crippen LogP contribution in [-0.2, 0) is 19.6 Å². The van der Waals surface area contributed by atoms with Crippen molar-refractivity contribution in [2.45, 2.75) is 12.8 Å². The van der Waals surface area contributed by atoms with Crippen LogP contribution >= 0.6 is 0 Å². The van der Waals surface area contributed by atoms with Gasteiger partial charge >= 0.3 is 11.9 Å². The summed E-state index contributed by atoms with van der Waals surface area (Å²) in [5, 5.41) is 8.68. The number of nitrogens with zero attached hydrogens (tertiary/aromatic N) is 1. The van der Waals surface area contributed by atoms with E-state index < -0.39 is 22.0 Å². The summed E-state index contributed by atoms with van der Waals surface area (Å²) in [5.41, 5.74) is -0.0429. The van der Waals surface area contributed by atoms with Crippen molar-refractivity contribution < 1.29 is 27.9 Å². The summed E-state index contributed by atoms with van der Waals surface area (Å²) in [6.07, 6.45) is 1.17. The molecule has 0 aliphatic rings. The van der Waals surface area contributed by atoms with Gasteiger partial charge in [0.25, 0.3) is 0 Å². The van der Waals surface area contributed by atoms with Crippen LogP contribution in [0.15, 0.2) is 18.3 Å². The molecule has 0 aliphatic carbocycles. The Kier molecular flexibility index (Phi) is 5.44. The van der Waals surface area contributed by atoms with Crippen molar-refractivity contribution in [3.05, 3.63) is 23.9 Å². The van der Waals surface area contributed by atoms with Crippen LogP contribution < -0.4 is 4.72 Å². The molecule has 0 spiro atoms. The topological polar surface area (TPSA) is 123 Å². The Morgan fingerprint density at radius 1 is 1.40 bits per heavy atom. The molecule has 0 saturated heterocycles. The maximum absolute atomic E-state index is 11.7. The van der Waals surface area contributed by atoms with Crippen molar-refractivity contribution in [2.75, 3.05) is 17.6 Å². The van der Waals surface area contributed by atoms with Crippen molar-refractivity contribution in [3.63, 3.8) is 0 Å². The van der Waals surface area contributed by atoms with Crippen molar-refractivity contribution in [1.82, 2.24) is 4.98 Å². The van der Waals surface area contributed by atoms with Gasteiger partial charge in [-0.2, -0.15) is 0 Å². The van der Waals surface area contributed by atoms with Crippen molar-refractivity contribution >= 4 is 27.8 Å². The van der Waals surface area contributed by atoms with Crippen LogP contribution in [0.5, 0.6) is 0 Å². The van der Waals surface area contributed by atoms with Gasteiger partial charge in [0, 0.05) is 12.6 Å². The van der Waals surface area contributed by atoms with E-state index in [1.165, 1.54) is 19.2 Å². The summed E-state index contributed by atoms with van der Waals surface area (Å²) in [6, 6.07) is 2.49. The first-order valence-corrected chi connectivity index (χ1v) is 7.26. The molecule has 0 fully saturated rings. The minimum absolute atomic E-state index is 0.00277. The molecule has 0 aromatic carbocycles. The highest BCUT2D eigenvalue weighted by atomic mass is 32.2. The Morgan fingerprint density at radius 3 is 2.60 bits per heavy atom. The van der Waals surface area contributed by atoms with Crippen LogP contribution in [0.1, 0.15) is 23.2 Å². The lowest BCUT2D eigenvalue weighted by Crippen LogP contribution is -2.18. The Morgan fingerprint density at radius 2 is 2.10 bits per heavy atom. The fourth-order valence-electron chi connectivity index (χ4n) is 1.30. The Bertz CT molecular complexity index is 581. The van der Waals surface area contributed by atoms with Gasteiger partial charge in [0.05, 0.1) is 18.4 Å². The highest BCUT2D eigenvalue weighted by molar-refractivity contribution is 7.92. The second-order valence-electron chi connectivity index (χ2n) is 3.84. The molecule has 1 heterocycles. The van der Waals surface area contributed by atoms with E-state index in [-0.39, 0.29) is 30.0 Å². The third-order valence-corrected chi connectivity index (χ3v) is 3.64. The second kappa shape index (κ2) is 6.85. The Hall–Kier alpha value is -2.16. The van der Waals surface area contributed by atoms with Crippen molar-refractivity contribution in [2.24, 2.45) is 0 Å². The normalized spacial score (nSPS) is 10.8. The lowest BCUT2D eigenvalue weighted by Gasteiger charge is -2.06. The number of esters is 1. The fraction of sp³-hybridized carbons (Fsp3) is 0.364. The van der Waals surface area contributed by atoms with Crippen LogP contribution in [0.2, 0.25) is 0 Å². The lowest BCUT2D eigenvalue weighted by atomic mass is 10.3. The molecule has 1 aromatic heterocycles. The third kappa shape index (κ3) is 5.22. The number of anilines is 1. The standard InChI is InChI=1S/C11H14N2O6S/c1-19-10(14)3-2-6-20(17,18)13-9-5-4-8(7-12-9)11(15)16/h4-5,7H,2-3,6H2,1H3,(H,12,13)(H,15,16). The number of nitrogens with one attached hydrogen (secondary N) is 1. The molecule has 8 nitrogen and oxygen atoms in total. The van der Waals surface area contributed by atoms with E-state index in [1.54, 1.807) is 0 Å². The molecular formula is C11H14N2O6S. The predicted molar refractivity (Wildman–Crippen MR) is 69.9 cm³/mol. The number of hydrogen-bond donors (Lipinski definition) is 2. The minimum atomic E-state index is -3.64. The van der Waals surface area contributed by atoms with E-state index in [0.29, 0.717) is 0 Å². The number of pyridine rings is 1. The van der Waals surface area contributed by atoms with Gasteiger partial charge in [-0.25, -0.2) is 18.2 Å². The summed E-state index contributed by atoms with van der Waals surface area (Å²) in [7, 11) is -2.41. The summed E-state index contributed by atoms with van der Waals surface area (Å²) in [5.74, 6) is -1.87. The number of carboxylic acids is 1. The Labute approximate surface area is 115 Å². The predicted octanol–water partition coefficient (Wildman–Crippen LogP) is 0.475. The molecule has 110 valence electrons. The number of hydrogen-bond acceptors (Lipinski definition) is 6. The molecule has 0 bridgehead atoms. The van der Waals surface area contributed by atoms with Gasteiger partial charge in [-0.15, -0.1) is 0 Å². The average Bonchev–Trinajstić information content (AvgIpc) is 2.38. The van der Waals surface area contributed by atoms with E-state index in [1.807, 2.05) is 0 Å². The van der Waals surface area contributed by atoms with Crippen molar-refractivity contribution in [3.8, 4) is 0 Å². The molecule has 1 aromatic rings. The number of sulfonamides is 1. The van der Waals surface area contributed by atoms with Gasteiger partial charge in [0.2, 0.25) is 10.0 Å². The molecule has 1 rings (SSSR count). The van der Waals surface area contributed by atoms with Gasteiger partial charge < -0.3 is 9.84 Å². The van der Waals surface area contributed by atoms with Gasteiger partial charge in [0.1, 0.15) is 5.82 Å². The maximum atomic E-state index is 11.7. The van der Waals surface area contributed by atoms with Crippen LogP contribution in [0.3, 0.4) is 0 Å². The van der Waals surface area contributed by atoms with Crippen molar-refractivity contribution in [1.29, 1.82) is 0 Å². The van der Waals surface area contributed by atoms with E-state index in [9.17, 15) is 18.0 Å². The van der Waals surface area contributed by atoms with Crippen LogP contribution in [0.25, 0.3) is 0 Å². The quantitative estimate of drug-likeness (QED) is 0.702. The highest BCUT2D eigenvalue weighted by Crippen LogP contribution is 2.08. The SMILES string of the molecule is COC(=O)CCCS(=O)(=O)Nc1ccc(C(=O)O)cn1. The summed E-state index contributed by atoms with van der Waals surface area (Å²) < 4.78 is 29.9. The first-order valence-electron chi connectivity index (χ1n) is 5.61. The zero-order valence-electron chi connectivity index (χ0n) is 10.7. The number of aromatic nitrogens is 1. The molecule has 0 atom stereocenters. The molecule has 2 N–H and O–H groups in total. The number of carboxylic acid groups (broad SMARTS) is 1. The molecule has 0 aliphatic heterocycles. The molecule has 9 heteroatoms. The zero-order valence-corrected chi connectivity index (χ0v) is 11.5. The summed E-state index contributed by atoms with van der Waals surface area (Å²) in [4.78, 5) is 25.1. The molecule has 20 heavy (non-hydrogen) atoms. The number of aromatic carboxylic acids is 1. The lowest BCUT2D eigenvalue weighted by molar-refractivity contribution is -0.140. The highest BCUT2D eigenvalue weighted by Gasteiger charge is 2.13.